The highest BCUT2D eigenvalue weighted by atomic mass is 19.1. The van der Waals surface area contributed by atoms with Crippen LogP contribution in [-0.4, -0.2) is 34.1 Å². The smallest absolute Gasteiger partial charge is 0.123 e. The van der Waals surface area contributed by atoms with Gasteiger partial charge in [-0.1, -0.05) is 36.4 Å². The first-order chi connectivity index (χ1) is 16.6. The van der Waals surface area contributed by atoms with E-state index in [1.807, 2.05) is 30.3 Å². The van der Waals surface area contributed by atoms with Gasteiger partial charge in [-0.2, -0.15) is 0 Å². The van der Waals surface area contributed by atoms with Crippen molar-refractivity contribution in [1.29, 1.82) is 0 Å². The molecule has 2 heterocycles. The second-order valence-electron chi connectivity index (χ2n) is 9.39. The fraction of sp³-hybridized carbons (Fsp3) is 0.321. The van der Waals surface area contributed by atoms with Crippen molar-refractivity contribution in [1.82, 2.24) is 14.5 Å². The molecule has 0 spiro atoms. The Kier molecular flexibility index (Phi) is 6.50. The third kappa shape index (κ3) is 4.92. The summed E-state index contributed by atoms with van der Waals surface area (Å²) in [6.07, 6.45) is 4.21. The van der Waals surface area contributed by atoms with Gasteiger partial charge in [0, 0.05) is 19.5 Å². The summed E-state index contributed by atoms with van der Waals surface area (Å²) in [5, 5.41) is 0. The van der Waals surface area contributed by atoms with Crippen molar-refractivity contribution < 1.29 is 4.39 Å². The molecule has 176 valence electrons. The first-order valence-corrected chi connectivity index (χ1v) is 12.1. The molecular formula is C28H32FN5. The van der Waals surface area contributed by atoms with Gasteiger partial charge in [-0.25, -0.2) is 9.37 Å². The lowest BCUT2D eigenvalue weighted by atomic mass is 9.93. The van der Waals surface area contributed by atoms with Crippen molar-refractivity contribution in [3.63, 3.8) is 0 Å². The number of anilines is 2. The van der Waals surface area contributed by atoms with Gasteiger partial charge in [0.15, 0.2) is 0 Å². The van der Waals surface area contributed by atoms with Crippen LogP contribution in [0.3, 0.4) is 0 Å². The van der Waals surface area contributed by atoms with E-state index in [1.54, 1.807) is 0 Å². The minimum Gasteiger partial charge on any atom is -0.397 e. The lowest BCUT2D eigenvalue weighted by Crippen LogP contribution is -2.36. The lowest BCUT2D eigenvalue weighted by Gasteiger charge is -2.32. The molecule has 4 aromatic rings. The van der Waals surface area contributed by atoms with E-state index in [0.717, 1.165) is 79.0 Å². The first-order valence-electron chi connectivity index (χ1n) is 12.1. The number of hydrogen-bond donors (Lipinski definition) is 2. The molecule has 1 saturated heterocycles. The van der Waals surface area contributed by atoms with E-state index in [1.165, 1.54) is 12.1 Å². The Morgan fingerprint density at radius 1 is 0.912 bits per heavy atom. The fourth-order valence-corrected chi connectivity index (χ4v) is 5.03. The van der Waals surface area contributed by atoms with E-state index < -0.39 is 0 Å². The van der Waals surface area contributed by atoms with Crippen LogP contribution in [0, 0.1) is 11.7 Å². The van der Waals surface area contributed by atoms with Gasteiger partial charge in [0.25, 0.3) is 0 Å². The Balaban J connectivity index is 1.23. The molecule has 1 aliphatic heterocycles. The predicted octanol–water partition coefficient (Wildman–Crippen LogP) is 4.89. The summed E-state index contributed by atoms with van der Waals surface area (Å²) in [6.45, 7) is 3.89. The number of imidazole rings is 1. The largest absolute Gasteiger partial charge is 0.397 e. The summed E-state index contributed by atoms with van der Waals surface area (Å²) < 4.78 is 15.7. The molecule has 4 N–H and O–H groups in total. The maximum Gasteiger partial charge on any atom is 0.123 e. The van der Waals surface area contributed by atoms with Crippen molar-refractivity contribution in [3.05, 3.63) is 89.5 Å². The Morgan fingerprint density at radius 2 is 1.68 bits per heavy atom. The van der Waals surface area contributed by atoms with Crippen molar-refractivity contribution >= 4 is 22.4 Å². The number of hydrogen-bond acceptors (Lipinski definition) is 4. The van der Waals surface area contributed by atoms with E-state index in [2.05, 4.69) is 33.7 Å². The average molecular weight is 458 g/mol. The van der Waals surface area contributed by atoms with Gasteiger partial charge in [0.2, 0.25) is 0 Å². The number of aromatic nitrogens is 2. The van der Waals surface area contributed by atoms with Gasteiger partial charge < -0.3 is 20.9 Å². The molecular weight excluding hydrogens is 425 g/mol. The maximum atomic E-state index is 13.4. The van der Waals surface area contributed by atoms with Gasteiger partial charge in [0.05, 0.1) is 22.4 Å². The zero-order valence-corrected chi connectivity index (χ0v) is 19.5. The average Bonchev–Trinajstić information content (AvgIpc) is 3.19. The zero-order valence-electron chi connectivity index (χ0n) is 19.5. The molecule has 0 bridgehead atoms. The molecule has 3 aromatic carbocycles. The van der Waals surface area contributed by atoms with Gasteiger partial charge in [-0.15, -0.1) is 0 Å². The van der Waals surface area contributed by atoms with Crippen LogP contribution in [0.5, 0.6) is 0 Å². The number of likely N-dealkylation sites (tertiary alicyclic amines) is 1. The van der Waals surface area contributed by atoms with Gasteiger partial charge in [-0.05, 0) is 79.7 Å². The van der Waals surface area contributed by atoms with E-state index in [-0.39, 0.29) is 5.82 Å². The highest BCUT2D eigenvalue weighted by Gasteiger charge is 2.22. The zero-order chi connectivity index (χ0) is 23.5. The van der Waals surface area contributed by atoms with Crippen LogP contribution in [0.25, 0.3) is 11.0 Å². The normalized spacial score (nSPS) is 15.2. The molecule has 0 aliphatic carbocycles. The number of rotatable bonds is 7. The minimum absolute atomic E-state index is 0.204. The number of halogens is 1. The fourth-order valence-electron chi connectivity index (χ4n) is 5.03. The van der Waals surface area contributed by atoms with E-state index >= 15 is 0 Å². The van der Waals surface area contributed by atoms with E-state index in [0.29, 0.717) is 18.2 Å². The molecule has 0 radical (unpaired) electrons. The SMILES string of the molecule is Nc1cccc(CCN2CCC(Cc3nc4ccccc4n3Cc3ccc(F)cc3)CC2)c1N. The quantitative estimate of drug-likeness (QED) is 0.388. The second-order valence-corrected chi connectivity index (χ2v) is 9.39. The summed E-state index contributed by atoms with van der Waals surface area (Å²) in [5.74, 6) is 1.53. The third-order valence-electron chi connectivity index (χ3n) is 7.09. The van der Waals surface area contributed by atoms with Crippen LogP contribution < -0.4 is 11.5 Å². The molecule has 0 atom stereocenters. The standard InChI is InChI=1S/C28H32FN5/c29-23-10-8-21(9-11-23)19-34-26-7-2-1-6-25(26)32-27(34)18-20-12-15-33(16-13-20)17-14-22-4-3-5-24(30)28(22)31/h1-11,20H,12-19,30-31H2. The summed E-state index contributed by atoms with van der Waals surface area (Å²) in [6, 6.07) is 21.0. The van der Waals surface area contributed by atoms with Crippen LogP contribution in [0.15, 0.2) is 66.7 Å². The number of nitrogens with two attached hydrogens (primary N) is 2. The number of fused-ring (bicyclic) bond motifs is 1. The number of piperidine rings is 1. The number of benzene rings is 3. The van der Waals surface area contributed by atoms with Gasteiger partial charge in [0.1, 0.15) is 11.6 Å². The van der Waals surface area contributed by atoms with Crippen molar-refractivity contribution in [3.8, 4) is 0 Å². The Labute approximate surface area is 200 Å². The summed E-state index contributed by atoms with van der Waals surface area (Å²) in [4.78, 5) is 7.51. The molecule has 5 nitrogen and oxygen atoms in total. The monoisotopic (exact) mass is 457 g/mol. The minimum atomic E-state index is -0.204. The van der Waals surface area contributed by atoms with Crippen LogP contribution in [-0.2, 0) is 19.4 Å². The van der Waals surface area contributed by atoms with Crippen LogP contribution in [0.2, 0.25) is 0 Å². The van der Waals surface area contributed by atoms with Gasteiger partial charge in [-0.3, -0.25) is 0 Å². The Hall–Kier alpha value is -3.38. The molecule has 5 rings (SSSR count). The molecule has 0 amide bonds. The molecule has 34 heavy (non-hydrogen) atoms. The van der Waals surface area contributed by atoms with Gasteiger partial charge >= 0.3 is 0 Å². The third-order valence-corrected chi connectivity index (χ3v) is 7.09. The lowest BCUT2D eigenvalue weighted by molar-refractivity contribution is 0.184. The highest BCUT2D eigenvalue weighted by molar-refractivity contribution is 5.76. The molecule has 0 saturated carbocycles. The molecule has 1 fully saturated rings. The number of nitrogens with zero attached hydrogens (tertiary/aromatic N) is 3. The molecule has 6 heteroatoms. The number of para-hydroxylation sites is 3. The summed E-state index contributed by atoms with van der Waals surface area (Å²) in [5.41, 5.74) is 17.9. The number of nitrogen functional groups attached to an aromatic ring is 2. The Bertz CT molecular complexity index is 1260. The van der Waals surface area contributed by atoms with Crippen molar-refractivity contribution in [2.75, 3.05) is 31.1 Å². The first kappa shape index (κ1) is 22.4. The van der Waals surface area contributed by atoms with E-state index in [4.69, 9.17) is 16.5 Å². The summed E-state index contributed by atoms with van der Waals surface area (Å²) >= 11 is 0. The van der Waals surface area contributed by atoms with Crippen molar-refractivity contribution in [2.24, 2.45) is 5.92 Å². The maximum absolute atomic E-state index is 13.4. The second kappa shape index (κ2) is 9.85. The highest BCUT2D eigenvalue weighted by Crippen LogP contribution is 2.26. The van der Waals surface area contributed by atoms with Crippen molar-refractivity contribution in [2.45, 2.75) is 32.2 Å². The van der Waals surface area contributed by atoms with Crippen LogP contribution >= 0.6 is 0 Å². The molecule has 0 unspecified atom stereocenters. The summed E-state index contributed by atoms with van der Waals surface area (Å²) in [7, 11) is 0. The Morgan fingerprint density at radius 3 is 2.47 bits per heavy atom. The molecule has 1 aromatic heterocycles. The topological polar surface area (TPSA) is 73.1 Å². The van der Waals surface area contributed by atoms with Crippen LogP contribution in [0.1, 0.15) is 29.8 Å². The van der Waals surface area contributed by atoms with E-state index in [9.17, 15) is 4.39 Å². The molecule has 1 aliphatic rings. The predicted molar refractivity (Wildman–Crippen MR) is 137 cm³/mol. The van der Waals surface area contributed by atoms with Crippen LogP contribution in [0.4, 0.5) is 15.8 Å².